The van der Waals surface area contributed by atoms with Crippen molar-refractivity contribution in [2.45, 2.75) is 38.0 Å². The zero-order chi connectivity index (χ0) is 15.9. The number of benzene rings is 1. The van der Waals surface area contributed by atoms with Gasteiger partial charge in [-0.25, -0.2) is 10.4 Å². The van der Waals surface area contributed by atoms with Crippen LogP contribution in [0.4, 0.5) is 0 Å². The van der Waals surface area contributed by atoms with Crippen LogP contribution in [0.5, 0.6) is 0 Å². The van der Waals surface area contributed by atoms with Crippen LogP contribution in [0.25, 0.3) is 10.2 Å². The molecule has 0 aliphatic heterocycles. The average Bonchev–Trinajstić information content (AvgIpc) is 2.91. The summed E-state index contributed by atoms with van der Waals surface area (Å²) in [5.41, 5.74) is 4.56. The van der Waals surface area contributed by atoms with Crippen molar-refractivity contribution < 1.29 is 4.79 Å². The van der Waals surface area contributed by atoms with E-state index < -0.39 is 0 Å². The number of fused-ring (bicyclic) bond motifs is 1. The Hall–Kier alpha value is -1.40. The van der Waals surface area contributed by atoms with Crippen molar-refractivity contribution in [3.8, 4) is 0 Å². The molecule has 6 heteroatoms. The summed E-state index contributed by atoms with van der Waals surface area (Å²) < 4.78 is 2.06. The third kappa shape index (κ3) is 5.42. The van der Waals surface area contributed by atoms with Gasteiger partial charge in [0, 0.05) is 5.71 Å². The summed E-state index contributed by atoms with van der Waals surface area (Å²) in [7, 11) is 0. The second-order valence-corrected chi connectivity index (χ2v) is 7.80. The predicted molar refractivity (Wildman–Crippen MR) is 95.7 cm³/mol. The van der Waals surface area contributed by atoms with Gasteiger partial charge < -0.3 is 0 Å². The summed E-state index contributed by atoms with van der Waals surface area (Å²) in [6, 6.07) is 7.99. The lowest BCUT2D eigenvalue weighted by molar-refractivity contribution is -0.118. The number of thiazole rings is 1. The van der Waals surface area contributed by atoms with Crippen LogP contribution in [0.1, 0.15) is 33.6 Å². The lowest BCUT2D eigenvalue weighted by Gasteiger charge is -2.04. The summed E-state index contributed by atoms with van der Waals surface area (Å²) in [4.78, 5) is 16.3. The molecule has 0 saturated carbocycles. The molecule has 0 saturated heterocycles. The number of nitrogens with one attached hydrogen (secondary N) is 1. The van der Waals surface area contributed by atoms with Gasteiger partial charge >= 0.3 is 0 Å². The molecular weight excluding hydrogens is 314 g/mol. The van der Waals surface area contributed by atoms with Crippen LogP contribution in [-0.4, -0.2) is 22.4 Å². The minimum absolute atomic E-state index is 0.0897. The predicted octanol–water partition coefficient (Wildman–Crippen LogP) is 4.32. The standard InChI is InChI=1S/C16H21N3OS2/c1-11(2)8-9-12(3)18-19-15(20)10-21-16-17-13-6-4-5-7-14(13)22-16/h4-7,11H,8-10H2,1-3H3,(H,19,20)/b18-12+. The molecule has 0 radical (unpaired) electrons. The van der Waals surface area contributed by atoms with Gasteiger partial charge in [0.2, 0.25) is 0 Å². The van der Waals surface area contributed by atoms with E-state index in [-0.39, 0.29) is 5.91 Å². The SMILES string of the molecule is C/C(CCC(C)C)=N\NC(=O)CSc1nc2ccccc2s1. The highest BCUT2D eigenvalue weighted by molar-refractivity contribution is 8.01. The molecular formula is C16H21N3OS2. The third-order valence-electron chi connectivity index (χ3n) is 3.06. The maximum absolute atomic E-state index is 11.8. The van der Waals surface area contributed by atoms with E-state index in [0.717, 1.165) is 33.1 Å². The van der Waals surface area contributed by atoms with Crippen LogP contribution in [-0.2, 0) is 4.79 Å². The number of carbonyl (C=O) groups is 1. The van der Waals surface area contributed by atoms with E-state index >= 15 is 0 Å². The van der Waals surface area contributed by atoms with Crippen LogP contribution in [0.2, 0.25) is 0 Å². The Labute approximate surface area is 139 Å². The molecule has 2 aromatic rings. The van der Waals surface area contributed by atoms with E-state index in [1.807, 2.05) is 31.2 Å². The number of nitrogens with zero attached hydrogens (tertiary/aromatic N) is 2. The highest BCUT2D eigenvalue weighted by Gasteiger charge is 2.07. The van der Waals surface area contributed by atoms with E-state index in [0.29, 0.717) is 11.7 Å². The lowest BCUT2D eigenvalue weighted by Crippen LogP contribution is -2.21. The van der Waals surface area contributed by atoms with Crippen molar-refractivity contribution in [3.05, 3.63) is 24.3 Å². The van der Waals surface area contributed by atoms with Crippen molar-refractivity contribution in [2.75, 3.05) is 5.75 Å². The minimum Gasteiger partial charge on any atom is -0.272 e. The molecule has 1 amide bonds. The Bertz CT molecular complexity index is 631. The monoisotopic (exact) mass is 335 g/mol. The summed E-state index contributed by atoms with van der Waals surface area (Å²) in [6.45, 7) is 6.31. The molecule has 0 unspecified atom stereocenters. The number of rotatable bonds is 7. The first-order chi connectivity index (χ1) is 10.5. The van der Waals surface area contributed by atoms with Gasteiger partial charge in [-0.05, 0) is 37.8 Å². The van der Waals surface area contributed by atoms with Gasteiger partial charge in [-0.15, -0.1) is 11.3 Å². The van der Waals surface area contributed by atoms with Crippen molar-refractivity contribution >= 4 is 44.9 Å². The van der Waals surface area contributed by atoms with Crippen molar-refractivity contribution in [3.63, 3.8) is 0 Å². The molecule has 118 valence electrons. The summed E-state index contributed by atoms with van der Waals surface area (Å²) in [5, 5.41) is 4.14. The van der Waals surface area contributed by atoms with Crippen LogP contribution in [0.15, 0.2) is 33.7 Å². The van der Waals surface area contributed by atoms with Gasteiger partial charge in [0.1, 0.15) is 0 Å². The van der Waals surface area contributed by atoms with Crippen molar-refractivity contribution in [2.24, 2.45) is 11.0 Å². The molecule has 1 aromatic carbocycles. The normalized spacial score (nSPS) is 12.1. The number of hydrogen-bond donors (Lipinski definition) is 1. The van der Waals surface area contributed by atoms with Crippen LogP contribution in [0.3, 0.4) is 0 Å². The third-order valence-corrected chi connectivity index (χ3v) is 5.24. The number of aromatic nitrogens is 1. The van der Waals surface area contributed by atoms with Gasteiger partial charge in [0.05, 0.1) is 16.0 Å². The number of para-hydroxylation sites is 1. The van der Waals surface area contributed by atoms with Crippen LogP contribution in [0, 0.1) is 5.92 Å². The van der Waals surface area contributed by atoms with E-state index in [1.165, 1.54) is 11.8 Å². The topological polar surface area (TPSA) is 54.4 Å². The summed E-state index contributed by atoms with van der Waals surface area (Å²) >= 11 is 3.06. The second-order valence-electron chi connectivity index (χ2n) is 5.55. The average molecular weight is 335 g/mol. The van der Waals surface area contributed by atoms with E-state index in [1.54, 1.807) is 11.3 Å². The molecule has 0 spiro atoms. The zero-order valence-electron chi connectivity index (χ0n) is 13.1. The fourth-order valence-corrected chi connectivity index (χ4v) is 3.64. The molecule has 1 aromatic heterocycles. The Morgan fingerprint density at radius 2 is 2.18 bits per heavy atom. The molecule has 0 atom stereocenters. The Balaban J connectivity index is 1.78. The minimum atomic E-state index is -0.0897. The fraction of sp³-hybridized carbons (Fsp3) is 0.438. The summed E-state index contributed by atoms with van der Waals surface area (Å²) in [5.74, 6) is 0.893. The molecule has 4 nitrogen and oxygen atoms in total. The Kier molecular flexibility index (Phi) is 6.39. The van der Waals surface area contributed by atoms with Crippen LogP contribution < -0.4 is 5.43 Å². The number of amides is 1. The molecule has 0 bridgehead atoms. The molecule has 1 N–H and O–H groups in total. The molecule has 0 aliphatic rings. The van der Waals surface area contributed by atoms with Gasteiger partial charge in [-0.3, -0.25) is 4.79 Å². The molecule has 22 heavy (non-hydrogen) atoms. The molecule has 2 rings (SSSR count). The van der Waals surface area contributed by atoms with E-state index in [4.69, 9.17) is 0 Å². The van der Waals surface area contributed by atoms with Crippen molar-refractivity contribution in [1.82, 2.24) is 10.4 Å². The molecule has 1 heterocycles. The first-order valence-electron chi connectivity index (χ1n) is 7.35. The van der Waals surface area contributed by atoms with Gasteiger partial charge in [0.25, 0.3) is 5.91 Å². The maximum Gasteiger partial charge on any atom is 0.250 e. The zero-order valence-corrected chi connectivity index (χ0v) is 14.8. The molecule has 0 aliphatic carbocycles. The lowest BCUT2D eigenvalue weighted by atomic mass is 10.1. The highest BCUT2D eigenvalue weighted by atomic mass is 32.2. The second kappa shape index (κ2) is 8.29. The quantitative estimate of drug-likeness (QED) is 0.466. The number of hydrogen-bond acceptors (Lipinski definition) is 5. The van der Waals surface area contributed by atoms with Gasteiger partial charge in [-0.1, -0.05) is 37.7 Å². The van der Waals surface area contributed by atoms with Gasteiger partial charge in [0.15, 0.2) is 4.34 Å². The van der Waals surface area contributed by atoms with Crippen LogP contribution >= 0.6 is 23.1 Å². The number of hydrazone groups is 1. The Morgan fingerprint density at radius 3 is 2.91 bits per heavy atom. The first kappa shape index (κ1) is 17.0. The largest absolute Gasteiger partial charge is 0.272 e. The van der Waals surface area contributed by atoms with E-state index in [2.05, 4.69) is 29.4 Å². The Morgan fingerprint density at radius 1 is 1.41 bits per heavy atom. The van der Waals surface area contributed by atoms with E-state index in [9.17, 15) is 4.79 Å². The maximum atomic E-state index is 11.8. The van der Waals surface area contributed by atoms with Crippen molar-refractivity contribution in [1.29, 1.82) is 0 Å². The smallest absolute Gasteiger partial charge is 0.250 e. The number of thioether (sulfide) groups is 1. The highest BCUT2D eigenvalue weighted by Crippen LogP contribution is 2.28. The molecule has 0 fully saturated rings. The fourth-order valence-electron chi connectivity index (χ4n) is 1.78. The first-order valence-corrected chi connectivity index (χ1v) is 9.15. The van der Waals surface area contributed by atoms with Gasteiger partial charge in [-0.2, -0.15) is 5.10 Å². The number of carbonyl (C=O) groups excluding carboxylic acids is 1. The summed E-state index contributed by atoms with van der Waals surface area (Å²) in [6.07, 6.45) is 2.01.